The van der Waals surface area contributed by atoms with Gasteiger partial charge in [0.2, 0.25) is 0 Å². The highest BCUT2D eigenvalue weighted by Crippen LogP contribution is 2.24. The van der Waals surface area contributed by atoms with Crippen LogP contribution >= 0.6 is 0 Å². The maximum absolute atomic E-state index is 12.9. The van der Waals surface area contributed by atoms with Crippen LogP contribution in [0.1, 0.15) is 52.1 Å². The molecule has 2 heterocycles. The monoisotopic (exact) mass is 413 g/mol. The van der Waals surface area contributed by atoms with Gasteiger partial charge in [-0.25, -0.2) is 4.98 Å². The Kier molecular flexibility index (Phi) is 5.41. The molecule has 2 aromatic carbocycles. The molecule has 1 aromatic heterocycles. The van der Waals surface area contributed by atoms with E-state index in [2.05, 4.69) is 22.4 Å². The summed E-state index contributed by atoms with van der Waals surface area (Å²) >= 11 is 0. The minimum atomic E-state index is 0.0234. The molecule has 0 atom stereocenters. The number of fused-ring (bicyclic) bond motifs is 1. The topological polar surface area (TPSA) is 62.3 Å². The number of likely N-dealkylation sites (tertiary alicyclic amines) is 1. The van der Waals surface area contributed by atoms with Gasteiger partial charge >= 0.3 is 0 Å². The molecule has 1 aliphatic heterocycles. The molecule has 158 valence electrons. The van der Waals surface area contributed by atoms with Gasteiger partial charge in [-0.3, -0.25) is 9.59 Å². The Bertz CT molecular complexity index is 1100. The molecule has 0 bridgehead atoms. The van der Waals surface area contributed by atoms with Crippen molar-refractivity contribution in [2.75, 3.05) is 13.1 Å². The summed E-state index contributed by atoms with van der Waals surface area (Å²) in [6.07, 6.45) is 5.16. The van der Waals surface area contributed by atoms with Gasteiger partial charge in [0, 0.05) is 30.1 Å². The lowest BCUT2D eigenvalue weighted by molar-refractivity contribution is 0.0685. The van der Waals surface area contributed by atoms with Crippen LogP contribution in [-0.2, 0) is 6.42 Å². The van der Waals surface area contributed by atoms with Crippen LogP contribution in [0.5, 0.6) is 0 Å². The second kappa shape index (κ2) is 8.50. The molecular formula is C26H27N3O2. The fourth-order valence-corrected chi connectivity index (χ4v) is 4.31. The third-order valence-electron chi connectivity index (χ3n) is 6.37. The van der Waals surface area contributed by atoms with E-state index in [0.717, 1.165) is 61.7 Å². The van der Waals surface area contributed by atoms with E-state index < -0.39 is 0 Å². The van der Waals surface area contributed by atoms with E-state index in [-0.39, 0.29) is 11.8 Å². The van der Waals surface area contributed by atoms with Crippen molar-refractivity contribution in [1.82, 2.24) is 15.2 Å². The normalized spacial score (nSPS) is 17.0. The number of benzene rings is 2. The minimum absolute atomic E-state index is 0.0234. The first kappa shape index (κ1) is 19.7. The number of carbonyl (C=O) groups is 2. The first-order valence-corrected chi connectivity index (χ1v) is 11.2. The van der Waals surface area contributed by atoms with Gasteiger partial charge < -0.3 is 10.2 Å². The number of nitrogens with zero attached hydrogens (tertiary/aromatic N) is 2. The Morgan fingerprint density at radius 1 is 0.903 bits per heavy atom. The molecule has 2 aliphatic rings. The summed E-state index contributed by atoms with van der Waals surface area (Å²) in [7, 11) is 0. The summed E-state index contributed by atoms with van der Waals surface area (Å²) in [5.74, 6) is 0.609. The first-order chi connectivity index (χ1) is 15.2. The van der Waals surface area contributed by atoms with Gasteiger partial charge in [0.25, 0.3) is 11.8 Å². The lowest BCUT2D eigenvalue weighted by atomic mass is 9.89. The zero-order chi connectivity index (χ0) is 21.2. The summed E-state index contributed by atoms with van der Waals surface area (Å²) < 4.78 is 0. The largest absolute Gasteiger partial charge is 0.349 e. The molecule has 0 unspecified atom stereocenters. The molecule has 2 amide bonds. The zero-order valence-corrected chi connectivity index (χ0v) is 17.6. The van der Waals surface area contributed by atoms with E-state index in [0.29, 0.717) is 17.7 Å². The number of nitrogens with one attached hydrogen (secondary N) is 1. The average Bonchev–Trinajstić information content (AvgIpc) is 3.63. The second-order valence-corrected chi connectivity index (χ2v) is 8.77. The molecular weight excluding hydrogens is 386 g/mol. The molecule has 2 fully saturated rings. The lowest BCUT2D eigenvalue weighted by Gasteiger charge is -2.32. The second-order valence-electron chi connectivity index (χ2n) is 8.77. The molecule has 0 radical (unpaired) electrons. The van der Waals surface area contributed by atoms with Gasteiger partial charge in [0.1, 0.15) is 5.69 Å². The van der Waals surface area contributed by atoms with Crippen LogP contribution in [0.4, 0.5) is 0 Å². The molecule has 5 nitrogen and oxygen atoms in total. The van der Waals surface area contributed by atoms with E-state index in [1.54, 1.807) is 0 Å². The van der Waals surface area contributed by atoms with Gasteiger partial charge in [-0.05, 0) is 67.9 Å². The van der Waals surface area contributed by atoms with Crippen LogP contribution in [0.15, 0.2) is 60.7 Å². The van der Waals surface area contributed by atoms with E-state index in [4.69, 9.17) is 0 Å². The van der Waals surface area contributed by atoms with Crippen molar-refractivity contribution in [3.05, 3.63) is 77.5 Å². The molecule has 1 aliphatic carbocycles. The van der Waals surface area contributed by atoms with Crippen molar-refractivity contribution >= 4 is 22.7 Å². The first-order valence-electron chi connectivity index (χ1n) is 11.2. The molecule has 0 spiro atoms. The summed E-state index contributed by atoms with van der Waals surface area (Å²) in [6.45, 7) is 1.53. The van der Waals surface area contributed by atoms with Crippen molar-refractivity contribution in [2.45, 2.75) is 38.1 Å². The van der Waals surface area contributed by atoms with Gasteiger partial charge in [-0.15, -0.1) is 0 Å². The number of aromatic nitrogens is 1. The van der Waals surface area contributed by atoms with Crippen molar-refractivity contribution < 1.29 is 9.59 Å². The van der Waals surface area contributed by atoms with Crippen LogP contribution in [0.2, 0.25) is 0 Å². The number of piperidine rings is 1. The Hall–Kier alpha value is -3.21. The van der Waals surface area contributed by atoms with Crippen molar-refractivity contribution in [3.8, 4) is 0 Å². The zero-order valence-electron chi connectivity index (χ0n) is 17.6. The Labute approximate surface area is 182 Å². The van der Waals surface area contributed by atoms with Crippen LogP contribution in [0, 0.1) is 5.92 Å². The number of para-hydroxylation sites is 1. The van der Waals surface area contributed by atoms with Crippen molar-refractivity contribution in [1.29, 1.82) is 0 Å². The smallest absolute Gasteiger partial charge is 0.272 e. The molecule has 31 heavy (non-hydrogen) atoms. The van der Waals surface area contributed by atoms with Crippen LogP contribution in [0.25, 0.3) is 10.9 Å². The SMILES string of the molecule is O=C(NC1CC1)c1ccc(CC2CCN(C(=O)c3ccc4ccccc4n3)CC2)cc1. The van der Waals surface area contributed by atoms with E-state index in [1.165, 1.54) is 5.56 Å². The Balaban J connectivity index is 1.15. The third-order valence-corrected chi connectivity index (χ3v) is 6.37. The number of carbonyl (C=O) groups excluding carboxylic acids is 2. The summed E-state index contributed by atoms with van der Waals surface area (Å²) in [4.78, 5) is 31.5. The van der Waals surface area contributed by atoms with E-state index in [1.807, 2.05) is 53.4 Å². The third kappa shape index (κ3) is 4.61. The van der Waals surface area contributed by atoms with Crippen LogP contribution in [0.3, 0.4) is 0 Å². The van der Waals surface area contributed by atoms with Crippen LogP contribution < -0.4 is 5.32 Å². The number of hydrogen-bond acceptors (Lipinski definition) is 3. The maximum Gasteiger partial charge on any atom is 0.272 e. The standard InChI is InChI=1S/C26H27N3O2/c30-25(27-22-10-11-22)21-7-5-18(6-8-21)17-19-13-15-29(16-14-19)26(31)24-12-9-20-3-1-2-4-23(20)28-24/h1-9,12,19,22H,10-11,13-17H2,(H,27,30). The molecule has 1 saturated carbocycles. The van der Waals surface area contributed by atoms with Crippen molar-refractivity contribution in [2.24, 2.45) is 5.92 Å². The van der Waals surface area contributed by atoms with Gasteiger partial charge in [-0.1, -0.05) is 36.4 Å². The highest BCUT2D eigenvalue weighted by Gasteiger charge is 2.25. The van der Waals surface area contributed by atoms with Crippen LogP contribution in [-0.4, -0.2) is 40.8 Å². The number of hydrogen-bond donors (Lipinski definition) is 1. The fraction of sp³-hybridized carbons (Fsp3) is 0.346. The number of amides is 2. The molecule has 5 heteroatoms. The highest BCUT2D eigenvalue weighted by atomic mass is 16.2. The predicted molar refractivity (Wildman–Crippen MR) is 121 cm³/mol. The molecule has 1 saturated heterocycles. The fourth-order valence-electron chi connectivity index (χ4n) is 4.31. The molecule has 3 aromatic rings. The van der Waals surface area contributed by atoms with Gasteiger partial charge in [0.05, 0.1) is 5.52 Å². The van der Waals surface area contributed by atoms with E-state index in [9.17, 15) is 9.59 Å². The summed E-state index contributed by atoms with van der Waals surface area (Å²) in [5, 5.41) is 4.08. The van der Waals surface area contributed by atoms with Crippen molar-refractivity contribution in [3.63, 3.8) is 0 Å². The molecule has 5 rings (SSSR count). The quantitative estimate of drug-likeness (QED) is 0.681. The highest BCUT2D eigenvalue weighted by molar-refractivity contribution is 5.95. The lowest BCUT2D eigenvalue weighted by Crippen LogP contribution is -2.39. The Morgan fingerprint density at radius 3 is 2.39 bits per heavy atom. The summed E-state index contributed by atoms with van der Waals surface area (Å²) in [5.41, 5.74) is 3.37. The minimum Gasteiger partial charge on any atom is -0.349 e. The molecule has 1 N–H and O–H groups in total. The van der Waals surface area contributed by atoms with Gasteiger partial charge in [-0.2, -0.15) is 0 Å². The van der Waals surface area contributed by atoms with E-state index >= 15 is 0 Å². The maximum atomic E-state index is 12.9. The predicted octanol–water partition coefficient (Wildman–Crippen LogP) is 4.22. The number of rotatable bonds is 5. The van der Waals surface area contributed by atoms with Gasteiger partial charge in [0.15, 0.2) is 0 Å². The summed E-state index contributed by atoms with van der Waals surface area (Å²) in [6, 6.07) is 20.0. The Morgan fingerprint density at radius 2 is 1.65 bits per heavy atom. The average molecular weight is 414 g/mol. The number of pyridine rings is 1.